The van der Waals surface area contributed by atoms with E-state index in [-0.39, 0.29) is 11.3 Å². The third kappa shape index (κ3) is 8.93. The Labute approximate surface area is 200 Å². The van der Waals surface area contributed by atoms with E-state index in [4.69, 9.17) is 16.1 Å². The molecule has 7 heteroatoms. The van der Waals surface area contributed by atoms with Crippen LogP contribution in [0.5, 0.6) is 0 Å². The van der Waals surface area contributed by atoms with Crippen molar-refractivity contribution in [3.8, 4) is 6.07 Å². The van der Waals surface area contributed by atoms with E-state index in [0.29, 0.717) is 12.2 Å². The van der Waals surface area contributed by atoms with E-state index in [0.717, 1.165) is 43.1 Å². The number of hydrogen-bond donors (Lipinski definition) is 4. The number of nitrogens with zero attached hydrogens (tertiary/aromatic N) is 1. The number of nitrogen functional groups attached to an aromatic ring is 1. The minimum Gasteiger partial charge on any atom is -0.481 e. The van der Waals surface area contributed by atoms with Crippen LogP contribution < -0.4 is 16.4 Å². The third-order valence-corrected chi connectivity index (χ3v) is 5.22. The van der Waals surface area contributed by atoms with Gasteiger partial charge in [-0.3, -0.25) is 4.79 Å². The molecule has 0 aromatic heterocycles. The summed E-state index contributed by atoms with van der Waals surface area (Å²) in [4.78, 5) is 11.0. The number of anilines is 2. The zero-order valence-corrected chi connectivity index (χ0v) is 19.3. The van der Waals surface area contributed by atoms with Crippen molar-refractivity contribution in [1.82, 2.24) is 5.32 Å². The number of halogens is 1. The van der Waals surface area contributed by atoms with E-state index >= 15 is 0 Å². The molecular formula is C27H31FN4O2. The molecule has 0 radical (unpaired) electrons. The summed E-state index contributed by atoms with van der Waals surface area (Å²) in [6, 6.07) is 23.9. The summed E-state index contributed by atoms with van der Waals surface area (Å²) in [6.45, 7) is 3.86. The number of carbonyl (C=O) groups is 1. The number of nitrogens with one attached hydrogen (secondary N) is 2. The van der Waals surface area contributed by atoms with Gasteiger partial charge in [0.2, 0.25) is 0 Å². The SMILES string of the molecule is CC(C(=O)O)c1ccc(CCNCCCNc2cc(F)cc(C#N)c2N)cc1.c1ccccc1. The van der Waals surface area contributed by atoms with Gasteiger partial charge in [-0.15, -0.1) is 0 Å². The molecule has 6 nitrogen and oxygen atoms in total. The van der Waals surface area contributed by atoms with Gasteiger partial charge in [-0.05, 0) is 56.1 Å². The Morgan fingerprint density at radius 1 is 1.06 bits per heavy atom. The number of hydrogen-bond acceptors (Lipinski definition) is 5. The number of aliphatic carboxylic acids is 1. The van der Waals surface area contributed by atoms with Crippen molar-refractivity contribution in [2.24, 2.45) is 0 Å². The average Bonchev–Trinajstić information content (AvgIpc) is 2.86. The quantitative estimate of drug-likeness (QED) is 0.255. The molecule has 3 rings (SSSR count). The highest BCUT2D eigenvalue weighted by Crippen LogP contribution is 2.24. The largest absolute Gasteiger partial charge is 0.481 e. The van der Waals surface area contributed by atoms with Crippen LogP contribution in [-0.2, 0) is 11.2 Å². The van der Waals surface area contributed by atoms with E-state index in [2.05, 4.69) is 10.6 Å². The van der Waals surface area contributed by atoms with Gasteiger partial charge in [0.05, 0.1) is 22.9 Å². The maximum absolute atomic E-state index is 13.5. The topological polar surface area (TPSA) is 111 Å². The summed E-state index contributed by atoms with van der Waals surface area (Å²) >= 11 is 0. The summed E-state index contributed by atoms with van der Waals surface area (Å²) in [7, 11) is 0. The summed E-state index contributed by atoms with van der Waals surface area (Å²) in [5.41, 5.74) is 8.60. The summed E-state index contributed by atoms with van der Waals surface area (Å²) in [6.07, 6.45) is 1.66. The van der Waals surface area contributed by atoms with Crippen molar-refractivity contribution in [3.05, 3.63) is 95.3 Å². The Bertz CT molecular complexity index is 1040. The second kappa shape index (κ2) is 14.3. The summed E-state index contributed by atoms with van der Waals surface area (Å²) in [5, 5.41) is 24.3. The standard InChI is InChI=1S/C21H25FN4O2.C6H6/c1-14(21(27)28)16-5-3-15(4-6-16)7-10-25-8-2-9-26-19-12-18(22)11-17(13-23)20(19)24;1-2-4-6-5-3-1/h3-6,11-12,14,25-26H,2,7-10,24H2,1H3,(H,27,28);1-6H. The van der Waals surface area contributed by atoms with Gasteiger partial charge in [-0.25, -0.2) is 4.39 Å². The first kappa shape index (κ1) is 26.4. The fraction of sp³-hybridized carbons (Fsp3) is 0.259. The molecule has 0 spiro atoms. The molecule has 1 atom stereocenters. The zero-order valence-electron chi connectivity index (χ0n) is 19.3. The predicted octanol–water partition coefficient (Wildman–Crippen LogP) is 4.79. The van der Waals surface area contributed by atoms with Crippen LogP contribution >= 0.6 is 0 Å². The lowest BCUT2D eigenvalue weighted by Gasteiger charge is -2.11. The number of nitriles is 1. The van der Waals surface area contributed by atoms with Gasteiger partial charge in [0.25, 0.3) is 0 Å². The average molecular weight is 463 g/mol. The minimum absolute atomic E-state index is 0.129. The van der Waals surface area contributed by atoms with E-state index in [1.807, 2.05) is 66.7 Å². The van der Waals surface area contributed by atoms with Crippen molar-refractivity contribution in [2.45, 2.75) is 25.7 Å². The normalized spacial score (nSPS) is 11.0. The molecule has 5 N–H and O–H groups in total. The number of rotatable bonds is 10. The predicted molar refractivity (Wildman–Crippen MR) is 134 cm³/mol. The molecule has 0 saturated carbocycles. The monoisotopic (exact) mass is 462 g/mol. The highest BCUT2D eigenvalue weighted by molar-refractivity contribution is 5.75. The lowest BCUT2D eigenvalue weighted by Crippen LogP contribution is -2.21. The number of carboxylic acid groups (broad SMARTS) is 1. The highest BCUT2D eigenvalue weighted by Gasteiger charge is 2.12. The summed E-state index contributed by atoms with van der Waals surface area (Å²) < 4.78 is 13.5. The molecule has 0 heterocycles. The van der Waals surface area contributed by atoms with Crippen molar-refractivity contribution >= 4 is 17.3 Å². The molecule has 3 aromatic rings. The van der Waals surface area contributed by atoms with Crippen LogP contribution in [0.25, 0.3) is 0 Å². The molecule has 178 valence electrons. The van der Waals surface area contributed by atoms with Crippen LogP contribution in [0.15, 0.2) is 72.8 Å². The Morgan fingerprint density at radius 3 is 2.24 bits per heavy atom. The molecule has 0 aliphatic rings. The maximum atomic E-state index is 13.5. The van der Waals surface area contributed by atoms with Crippen molar-refractivity contribution in [1.29, 1.82) is 5.26 Å². The van der Waals surface area contributed by atoms with Crippen LogP contribution in [-0.4, -0.2) is 30.7 Å². The fourth-order valence-electron chi connectivity index (χ4n) is 3.15. The lowest BCUT2D eigenvalue weighted by atomic mass is 9.99. The molecular weight excluding hydrogens is 431 g/mol. The third-order valence-electron chi connectivity index (χ3n) is 5.22. The van der Waals surface area contributed by atoms with Gasteiger partial charge in [0.15, 0.2) is 0 Å². The van der Waals surface area contributed by atoms with Crippen molar-refractivity contribution in [3.63, 3.8) is 0 Å². The number of carboxylic acids is 1. The van der Waals surface area contributed by atoms with Gasteiger partial charge >= 0.3 is 5.97 Å². The van der Waals surface area contributed by atoms with Gasteiger partial charge in [0, 0.05) is 6.54 Å². The van der Waals surface area contributed by atoms with Gasteiger partial charge in [-0.1, -0.05) is 60.7 Å². The maximum Gasteiger partial charge on any atom is 0.310 e. The van der Waals surface area contributed by atoms with E-state index < -0.39 is 17.7 Å². The lowest BCUT2D eigenvalue weighted by molar-refractivity contribution is -0.138. The Balaban J connectivity index is 0.000000589. The van der Waals surface area contributed by atoms with Crippen molar-refractivity contribution < 1.29 is 14.3 Å². The Morgan fingerprint density at radius 2 is 1.68 bits per heavy atom. The highest BCUT2D eigenvalue weighted by atomic mass is 19.1. The van der Waals surface area contributed by atoms with Crippen LogP contribution in [0.4, 0.5) is 15.8 Å². The molecule has 0 saturated heterocycles. The number of nitrogens with two attached hydrogens (primary N) is 1. The first-order valence-corrected chi connectivity index (χ1v) is 11.2. The van der Waals surface area contributed by atoms with Crippen LogP contribution in [0.2, 0.25) is 0 Å². The second-order valence-corrected chi connectivity index (χ2v) is 7.76. The van der Waals surface area contributed by atoms with E-state index in [1.54, 1.807) is 6.92 Å². The number of benzene rings is 3. The smallest absolute Gasteiger partial charge is 0.310 e. The van der Waals surface area contributed by atoms with E-state index in [1.165, 1.54) is 6.07 Å². The van der Waals surface area contributed by atoms with Crippen LogP contribution in [0.1, 0.15) is 36.0 Å². The van der Waals surface area contributed by atoms with Crippen LogP contribution in [0, 0.1) is 17.1 Å². The zero-order chi connectivity index (χ0) is 24.8. The molecule has 0 fully saturated rings. The molecule has 0 amide bonds. The van der Waals surface area contributed by atoms with Crippen LogP contribution in [0.3, 0.4) is 0 Å². The first-order chi connectivity index (χ1) is 16.4. The fourth-order valence-corrected chi connectivity index (χ4v) is 3.15. The minimum atomic E-state index is -0.827. The van der Waals surface area contributed by atoms with Crippen molar-refractivity contribution in [2.75, 3.05) is 30.7 Å². The van der Waals surface area contributed by atoms with E-state index in [9.17, 15) is 9.18 Å². The molecule has 1 unspecified atom stereocenters. The molecule has 3 aromatic carbocycles. The van der Waals surface area contributed by atoms with Gasteiger partial charge in [-0.2, -0.15) is 5.26 Å². The van der Waals surface area contributed by atoms with Gasteiger partial charge in [0.1, 0.15) is 11.9 Å². The van der Waals surface area contributed by atoms with Gasteiger partial charge < -0.3 is 21.5 Å². The molecule has 0 bridgehead atoms. The summed E-state index contributed by atoms with van der Waals surface area (Å²) in [5.74, 6) is -1.82. The Hall–Kier alpha value is -3.89. The first-order valence-electron chi connectivity index (χ1n) is 11.2. The molecule has 0 aliphatic heterocycles. The Kier molecular flexibility index (Phi) is 11.1. The molecule has 0 aliphatic carbocycles. The molecule has 34 heavy (non-hydrogen) atoms. The second-order valence-electron chi connectivity index (χ2n) is 7.76.